The van der Waals surface area contributed by atoms with E-state index in [9.17, 15) is 9.90 Å². The highest BCUT2D eigenvalue weighted by Crippen LogP contribution is 2.32. The van der Waals surface area contributed by atoms with Gasteiger partial charge in [-0.3, -0.25) is 0 Å². The minimum Gasteiger partial charge on any atom is -0.507 e. The number of phenolic OH excluding ortho intramolecular Hbond substituents is 1. The van der Waals surface area contributed by atoms with E-state index in [-0.39, 0.29) is 24.5 Å². The first-order valence-corrected chi connectivity index (χ1v) is 7.17. The summed E-state index contributed by atoms with van der Waals surface area (Å²) < 4.78 is 7.02. The second kappa shape index (κ2) is 6.69. The van der Waals surface area contributed by atoms with E-state index in [0.29, 0.717) is 23.0 Å². The van der Waals surface area contributed by atoms with Crippen molar-refractivity contribution in [3.05, 3.63) is 29.0 Å². The molecule has 1 aromatic heterocycles. The van der Waals surface area contributed by atoms with Crippen LogP contribution in [-0.2, 0) is 18.3 Å². The van der Waals surface area contributed by atoms with Crippen LogP contribution in [0.2, 0.25) is 0 Å². The van der Waals surface area contributed by atoms with Gasteiger partial charge in [0.25, 0.3) is 0 Å². The number of aromatic nitrogens is 1. The number of rotatable bonds is 5. The predicted molar refractivity (Wildman–Crippen MR) is 86.0 cm³/mol. The standard InChI is InChI=1S/C16H20N4O3/c1-19(2)9-13-15(16(22)23-5-4-17)11-7-14(21)10(8-18)6-12(11)20(13)3/h6-7,21H,4-5,9,17H2,1-3H3. The molecule has 0 saturated carbocycles. The fourth-order valence-electron chi connectivity index (χ4n) is 2.55. The topological polar surface area (TPSA) is 105 Å². The number of esters is 1. The van der Waals surface area contributed by atoms with Crippen molar-refractivity contribution in [2.75, 3.05) is 27.2 Å². The van der Waals surface area contributed by atoms with Crippen LogP contribution in [0.25, 0.3) is 10.9 Å². The van der Waals surface area contributed by atoms with Crippen molar-refractivity contribution in [2.24, 2.45) is 12.8 Å². The van der Waals surface area contributed by atoms with E-state index in [1.165, 1.54) is 6.07 Å². The first-order valence-electron chi connectivity index (χ1n) is 7.17. The zero-order chi connectivity index (χ0) is 17.1. The molecule has 0 amide bonds. The van der Waals surface area contributed by atoms with E-state index >= 15 is 0 Å². The summed E-state index contributed by atoms with van der Waals surface area (Å²) in [4.78, 5) is 14.4. The molecule has 2 aromatic rings. The van der Waals surface area contributed by atoms with Gasteiger partial charge in [0.1, 0.15) is 18.4 Å². The third-order valence-electron chi connectivity index (χ3n) is 3.58. The van der Waals surface area contributed by atoms with Gasteiger partial charge in [-0.25, -0.2) is 4.79 Å². The zero-order valence-electron chi connectivity index (χ0n) is 13.5. The normalized spacial score (nSPS) is 11.0. The molecule has 0 saturated heterocycles. The Hall–Kier alpha value is -2.56. The average molecular weight is 316 g/mol. The number of nitrogens with two attached hydrogens (primary N) is 1. The summed E-state index contributed by atoms with van der Waals surface area (Å²) in [6.45, 7) is 0.878. The smallest absolute Gasteiger partial charge is 0.340 e. The van der Waals surface area contributed by atoms with Crippen LogP contribution >= 0.6 is 0 Å². The van der Waals surface area contributed by atoms with Crippen molar-refractivity contribution in [2.45, 2.75) is 6.54 Å². The molecule has 0 unspecified atom stereocenters. The Morgan fingerprint density at radius 1 is 1.48 bits per heavy atom. The van der Waals surface area contributed by atoms with Crippen LogP contribution in [-0.4, -0.2) is 47.8 Å². The Morgan fingerprint density at radius 3 is 2.74 bits per heavy atom. The fraction of sp³-hybridized carbons (Fsp3) is 0.375. The fourth-order valence-corrected chi connectivity index (χ4v) is 2.55. The van der Waals surface area contributed by atoms with Crippen molar-refractivity contribution in [3.8, 4) is 11.8 Å². The van der Waals surface area contributed by atoms with Gasteiger partial charge in [-0.1, -0.05) is 0 Å². The Labute approximate surface area is 134 Å². The van der Waals surface area contributed by atoms with E-state index in [0.717, 1.165) is 5.69 Å². The van der Waals surface area contributed by atoms with Gasteiger partial charge in [-0.2, -0.15) is 5.26 Å². The molecule has 7 heteroatoms. The van der Waals surface area contributed by atoms with E-state index < -0.39 is 5.97 Å². The van der Waals surface area contributed by atoms with E-state index in [1.807, 2.05) is 36.7 Å². The molecule has 0 fully saturated rings. The molecule has 122 valence electrons. The second-order valence-electron chi connectivity index (χ2n) is 5.54. The van der Waals surface area contributed by atoms with Gasteiger partial charge >= 0.3 is 5.97 Å². The zero-order valence-corrected chi connectivity index (χ0v) is 13.5. The van der Waals surface area contributed by atoms with Crippen LogP contribution in [0.5, 0.6) is 5.75 Å². The molecule has 0 atom stereocenters. The Kier molecular flexibility index (Phi) is 4.89. The molecule has 7 nitrogen and oxygen atoms in total. The molecule has 23 heavy (non-hydrogen) atoms. The summed E-state index contributed by atoms with van der Waals surface area (Å²) in [5.74, 6) is -0.642. The monoisotopic (exact) mass is 316 g/mol. The Bertz CT molecular complexity index is 787. The lowest BCUT2D eigenvalue weighted by Gasteiger charge is -2.13. The maximum absolute atomic E-state index is 12.4. The molecule has 0 bridgehead atoms. The summed E-state index contributed by atoms with van der Waals surface area (Å²) in [6, 6.07) is 4.95. The molecule has 1 aromatic carbocycles. The Balaban J connectivity index is 2.72. The number of phenols is 1. The van der Waals surface area contributed by atoms with E-state index in [2.05, 4.69) is 0 Å². The first kappa shape index (κ1) is 16.8. The molecule has 0 spiro atoms. The summed E-state index contributed by atoms with van der Waals surface area (Å²) in [7, 11) is 5.61. The molecule has 0 aliphatic carbocycles. The van der Waals surface area contributed by atoms with Crippen molar-refractivity contribution >= 4 is 16.9 Å². The maximum Gasteiger partial charge on any atom is 0.340 e. The number of benzene rings is 1. The SMILES string of the molecule is CN(C)Cc1c(C(=O)OCCN)c2cc(O)c(C#N)cc2n1C. The molecule has 1 heterocycles. The van der Waals surface area contributed by atoms with Crippen LogP contribution < -0.4 is 5.73 Å². The van der Waals surface area contributed by atoms with Crippen LogP contribution in [0.15, 0.2) is 12.1 Å². The first-order chi connectivity index (χ1) is 10.9. The summed E-state index contributed by atoms with van der Waals surface area (Å²) in [5.41, 5.74) is 7.39. The molecule has 3 N–H and O–H groups in total. The number of aryl methyl sites for hydroxylation is 1. The lowest BCUT2D eigenvalue weighted by molar-refractivity contribution is 0.0516. The lowest BCUT2D eigenvalue weighted by atomic mass is 10.1. The average Bonchev–Trinajstić information content (AvgIpc) is 2.75. The summed E-state index contributed by atoms with van der Waals surface area (Å²) in [6.07, 6.45) is 0. The van der Waals surface area contributed by atoms with Crippen LogP contribution in [0.3, 0.4) is 0 Å². The molecule has 2 rings (SSSR count). The minimum absolute atomic E-state index is 0.124. The van der Waals surface area contributed by atoms with Gasteiger partial charge in [0.15, 0.2) is 0 Å². The van der Waals surface area contributed by atoms with Gasteiger partial charge < -0.3 is 25.0 Å². The van der Waals surface area contributed by atoms with Crippen LogP contribution in [0, 0.1) is 11.3 Å². The summed E-state index contributed by atoms with van der Waals surface area (Å²) in [5, 5.41) is 19.6. The van der Waals surface area contributed by atoms with E-state index in [4.69, 9.17) is 15.7 Å². The predicted octanol–water partition coefficient (Wildman–Crippen LogP) is 0.933. The maximum atomic E-state index is 12.4. The lowest BCUT2D eigenvalue weighted by Crippen LogP contribution is -2.19. The Morgan fingerprint density at radius 2 is 2.17 bits per heavy atom. The highest BCUT2D eigenvalue weighted by Gasteiger charge is 2.24. The quantitative estimate of drug-likeness (QED) is 0.795. The molecule has 0 aliphatic rings. The summed E-state index contributed by atoms with van der Waals surface area (Å²) >= 11 is 0. The third-order valence-corrected chi connectivity index (χ3v) is 3.58. The largest absolute Gasteiger partial charge is 0.507 e. The number of nitrogens with zero attached hydrogens (tertiary/aromatic N) is 3. The number of aromatic hydroxyl groups is 1. The number of carbonyl (C=O) groups excluding carboxylic acids is 1. The van der Waals surface area contributed by atoms with E-state index in [1.54, 1.807) is 6.07 Å². The van der Waals surface area contributed by atoms with Crippen molar-refractivity contribution in [1.29, 1.82) is 5.26 Å². The molecule has 0 aliphatic heterocycles. The number of ether oxygens (including phenoxy) is 1. The highest BCUT2D eigenvalue weighted by atomic mass is 16.5. The van der Waals surface area contributed by atoms with Crippen LogP contribution in [0.1, 0.15) is 21.6 Å². The van der Waals surface area contributed by atoms with Crippen molar-refractivity contribution in [1.82, 2.24) is 9.47 Å². The van der Waals surface area contributed by atoms with Gasteiger partial charge in [0.2, 0.25) is 0 Å². The molecular weight excluding hydrogens is 296 g/mol. The van der Waals surface area contributed by atoms with Crippen LogP contribution in [0.4, 0.5) is 0 Å². The van der Waals surface area contributed by atoms with Crippen molar-refractivity contribution in [3.63, 3.8) is 0 Å². The number of hydrogen-bond acceptors (Lipinski definition) is 6. The van der Waals surface area contributed by atoms with Gasteiger partial charge in [0, 0.05) is 31.2 Å². The number of carbonyl (C=O) groups is 1. The van der Waals surface area contributed by atoms with Gasteiger partial charge in [-0.15, -0.1) is 0 Å². The second-order valence-corrected chi connectivity index (χ2v) is 5.54. The number of hydrogen-bond donors (Lipinski definition) is 2. The van der Waals surface area contributed by atoms with Gasteiger partial charge in [0.05, 0.1) is 16.6 Å². The van der Waals surface area contributed by atoms with Gasteiger partial charge in [-0.05, 0) is 26.2 Å². The minimum atomic E-state index is -0.484. The number of fused-ring (bicyclic) bond motifs is 1. The van der Waals surface area contributed by atoms with Crippen molar-refractivity contribution < 1.29 is 14.6 Å². The molecular formula is C16H20N4O3. The molecule has 0 radical (unpaired) electrons. The highest BCUT2D eigenvalue weighted by molar-refractivity contribution is 6.06. The third kappa shape index (κ3) is 3.13. The number of nitriles is 1.